The maximum atomic E-state index is 12.7. The molecule has 4 rings (SSSR count). The van der Waals surface area contributed by atoms with Gasteiger partial charge in [0.2, 0.25) is 17.6 Å². The Kier molecular flexibility index (Phi) is 4.41. The third-order valence-electron chi connectivity index (χ3n) is 4.79. The summed E-state index contributed by atoms with van der Waals surface area (Å²) < 4.78 is 43.4. The fraction of sp³-hybridized carbons (Fsp3) is 0.250. The number of carbonyl (C=O) groups excluding carboxylic acids is 1. The molecule has 1 unspecified atom stereocenters. The molecule has 1 saturated heterocycles. The van der Waals surface area contributed by atoms with E-state index in [2.05, 4.69) is 10.1 Å². The normalized spacial score (nSPS) is 17.4. The van der Waals surface area contributed by atoms with Crippen molar-refractivity contribution in [3.8, 4) is 11.4 Å². The molecule has 28 heavy (non-hydrogen) atoms. The molecule has 2 heterocycles. The lowest BCUT2D eigenvalue weighted by atomic mass is 10.1. The summed E-state index contributed by atoms with van der Waals surface area (Å²) in [5.74, 6) is 0.209. The summed E-state index contributed by atoms with van der Waals surface area (Å²) in [6.45, 7) is 2.35. The maximum absolute atomic E-state index is 12.7. The standard InChI is InChI=1S/C20H16F3N3O2/c1-12-4-2-3-5-16(12)26-11-14(10-17(26)27)19-24-18(25-28-19)13-6-8-15(9-7-13)20(21,22)23/h2-9,14H,10-11H2,1H3. The Morgan fingerprint density at radius 1 is 1.11 bits per heavy atom. The van der Waals surface area contributed by atoms with Crippen molar-refractivity contribution in [2.24, 2.45) is 0 Å². The number of rotatable bonds is 3. The van der Waals surface area contributed by atoms with Crippen molar-refractivity contribution in [2.45, 2.75) is 25.4 Å². The number of hydrogen-bond acceptors (Lipinski definition) is 4. The number of aromatic nitrogens is 2. The average molecular weight is 387 g/mol. The predicted octanol–water partition coefficient (Wildman–Crippen LogP) is 4.58. The molecule has 0 bridgehead atoms. The van der Waals surface area contributed by atoms with Gasteiger partial charge in [0.1, 0.15) is 0 Å². The van der Waals surface area contributed by atoms with Gasteiger partial charge in [-0.15, -0.1) is 0 Å². The van der Waals surface area contributed by atoms with E-state index in [4.69, 9.17) is 4.52 Å². The minimum absolute atomic E-state index is 0.0337. The van der Waals surface area contributed by atoms with Crippen molar-refractivity contribution in [3.63, 3.8) is 0 Å². The van der Waals surface area contributed by atoms with E-state index in [0.717, 1.165) is 23.4 Å². The van der Waals surface area contributed by atoms with E-state index in [1.54, 1.807) is 4.90 Å². The van der Waals surface area contributed by atoms with Crippen molar-refractivity contribution in [2.75, 3.05) is 11.4 Å². The lowest BCUT2D eigenvalue weighted by molar-refractivity contribution is -0.137. The molecule has 5 nitrogen and oxygen atoms in total. The van der Waals surface area contributed by atoms with Gasteiger partial charge in [-0.3, -0.25) is 4.79 Å². The molecular formula is C20H16F3N3O2. The van der Waals surface area contributed by atoms with Gasteiger partial charge in [-0.1, -0.05) is 35.5 Å². The Morgan fingerprint density at radius 2 is 1.82 bits per heavy atom. The van der Waals surface area contributed by atoms with E-state index in [1.165, 1.54) is 12.1 Å². The third kappa shape index (κ3) is 3.37. The van der Waals surface area contributed by atoms with Crippen LogP contribution in [0.15, 0.2) is 53.1 Å². The first-order valence-electron chi connectivity index (χ1n) is 8.70. The Hall–Kier alpha value is -3.16. The molecule has 1 aliphatic heterocycles. The average Bonchev–Trinajstić information content (AvgIpc) is 3.29. The summed E-state index contributed by atoms with van der Waals surface area (Å²) in [6.07, 6.45) is -4.16. The van der Waals surface area contributed by atoms with Gasteiger partial charge in [-0.05, 0) is 30.7 Å². The second-order valence-electron chi connectivity index (χ2n) is 6.72. The van der Waals surface area contributed by atoms with Crippen LogP contribution >= 0.6 is 0 Å². The fourth-order valence-electron chi connectivity index (χ4n) is 3.30. The number of alkyl halides is 3. The summed E-state index contributed by atoms with van der Waals surface area (Å²) >= 11 is 0. The quantitative estimate of drug-likeness (QED) is 0.660. The molecule has 0 spiro atoms. The van der Waals surface area contributed by atoms with Gasteiger partial charge in [0.25, 0.3) is 0 Å². The highest BCUT2D eigenvalue weighted by Crippen LogP contribution is 2.34. The van der Waals surface area contributed by atoms with E-state index < -0.39 is 11.7 Å². The number of nitrogens with zero attached hydrogens (tertiary/aromatic N) is 3. The Labute approximate surface area is 158 Å². The minimum atomic E-state index is -4.40. The molecule has 0 radical (unpaired) electrons. The number of carbonyl (C=O) groups is 1. The molecule has 1 aromatic heterocycles. The van der Waals surface area contributed by atoms with Crippen molar-refractivity contribution >= 4 is 11.6 Å². The molecule has 0 saturated carbocycles. The molecule has 8 heteroatoms. The molecule has 2 aromatic carbocycles. The summed E-state index contributed by atoms with van der Waals surface area (Å²) in [7, 11) is 0. The van der Waals surface area contributed by atoms with E-state index in [9.17, 15) is 18.0 Å². The number of hydrogen-bond donors (Lipinski definition) is 0. The topological polar surface area (TPSA) is 59.2 Å². The molecule has 144 valence electrons. The van der Waals surface area contributed by atoms with Gasteiger partial charge in [0, 0.05) is 24.2 Å². The summed E-state index contributed by atoms with van der Waals surface area (Å²) in [5.41, 5.74) is 1.52. The number of anilines is 1. The molecule has 1 aliphatic rings. The van der Waals surface area contributed by atoms with Gasteiger partial charge < -0.3 is 9.42 Å². The lowest BCUT2D eigenvalue weighted by Gasteiger charge is -2.18. The highest BCUT2D eigenvalue weighted by molar-refractivity contribution is 5.97. The highest BCUT2D eigenvalue weighted by Gasteiger charge is 2.36. The van der Waals surface area contributed by atoms with Crippen LogP contribution in [0, 0.1) is 6.92 Å². The van der Waals surface area contributed by atoms with Crippen LogP contribution in [0.5, 0.6) is 0 Å². The first kappa shape index (κ1) is 18.2. The molecule has 0 N–H and O–H groups in total. The Bertz CT molecular complexity index is 1010. The van der Waals surface area contributed by atoms with Crippen molar-refractivity contribution < 1.29 is 22.5 Å². The summed E-state index contributed by atoms with van der Waals surface area (Å²) in [5, 5.41) is 3.87. The van der Waals surface area contributed by atoms with E-state index in [-0.39, 0.29) is 24.1 Å². The SMILES string of the molecule is Cc1ccccc1N1CC(c2nc(-c3ccc(C(F)(F)F)cc3)no2)CC1=O. The summed E-state index contributed by atoms with van der Waals surface area (Å²) in [6, 6.07) is 12.2. The van der Waals surface area contributed by atoms with Crippen molar-refractivity contribution in [1.82, 2.24) is 10.1 Å². The monoisotopic (exact) mass is 387 g/mol. The van der Waals surface area contributed by atoms with Crippen LogP contribution in [0.25, 0.3) is 11.4 Å². The Morgan fingerprint density at radius 3 is 2.50 bits per heavy atom. The van der Waals surface area contributed by atoms with Crippen molar-refractivity contribution in [3.05, 3.63) is 65.5 Å². The first-order chi connectivity index (χ1) is 13.3. The minimum Gasteiger partial charge on any atom is -0.339 e. The van der Waals surface area contributed by atoms with Gasteiger partial charge in [-0.25, -0.2) is 0 Å². The van der Waals surface area contributed by atoms with Crippen LogP contribution in [0.1, 0.15) is 29.4 Å². The van der Waals surface area contributed by atoms with Gasteiger partial charge in [0.05, 0.1) is 11.5 Å². The molecule has 1 fully saturated rings. The molecule has 1 amide bonds. The number of amides is 1. The van der Waals surface area contributed by atoms with E-state index in [0.29, 0.717) is 18.0 Å². The zero-order chi connectivity index (χ0) is 19.9. The largest absolute Gasteiger partial charge is 0.416 e. The van der Waals surface area contributed by atoms with E-state index >= 15 is 0 Å². The van der Waals surface area contributed by atoms with Crippen LogP contribution in [0.3, 0.4) is 0 Å². The predicted molar refractivity (Wildman–Crippen MR) is 95.6 cm³/mol. The first-order valence-corrected chi connectivity index (χ1v) is 8.70. The molecular weight excluding hydrogens is 371 g/mol. The number of halogens is 3. The fourth-order valence-corrected chi connectivity index (χ4v) is 3.30. The van der Waals surface area contributed by atoms with Crippen LogP contribution in [0.4, 0.5) is 18.9 Å². The van der Waals surface area contributed by atoms with Crippen LogP contribution in [-0.2, 0) is 11.0 Å². The zero-order valence-electron chi connectivity index (χ0n) is 14.9. The molecule has 3 aromatic rings. The number of aryl methyl sites for hydroxylation is 1. The Balaban J connectivity index is 1.54. The molecule has 1 atom stereocenters. The number of para-hydroxylation sites is 1. The van der Waals surface area contributed by atoms with Crippen molar-refractivity contribution in [1.29, 1.82) is 0 Å². The van der Waals surface area contributed by atoms with Crippen LogP contribution < -0.4 is 4.90 Å². The zero-order valence-corrected chi connectivity index (χ0v) is 14.9. The smallest absolute Gasteiger partial charge is 0.339 e. The maximum Gasteiger partial charge on any atom is 0.416 e. The summed E-state index contributed by atoms with van der Waals surface area (Å²) in [4.78, 5) is 18.4. The third-order valence-corrected chi connectivity index (χ3v) is 4.79. The second-order valence-corrected chi connectivity index (χ2v) is 6.72. The van der Waals surface area contributed by atoms with E-state index in [1.807, 2.05) is 31.2 Å². The second kappa shape index (κ2) is 6.78. The lowest BCUT2D eigenvalue weighted by Crippen LogP contribution is -2.25. The highest BCUT2D eigenvalue weighted by atomic mass is 19.4. The van der Waals surface area contributed by atoms with Crippen LogP contribution in [0.2, 0.25) is 0 Å². The number of benzene rings is 2. The van der Waals surface area contributed by atoms with Crippen LogP contribution in [-0.4, -0.2) is 22.6 Å². The molecule has 0 aliphatic carbocycles. The van der Waals surface area contributed by atoms with Gasteiger partial charge in [-0.2, -0.15) is 18.2 Å². The van der Waals surface area contributed by atoms with Gasteiger partial charge in [0.15, 0.2) is 0 Å². The van der Waals surface area contributed by atoms with Gasteiger partial charge >= 0.3 is 6.18 Å².